The van der Waals surface area contributed by atoms with Gasteiger partial charge in [-0.3, -0.25) is 9.59 Å². The van der Waals surface area contributed by atoms with Crippen LogP contribution in [0.1, 0.15) is 10.4 Å². The molecule has 0 saturated carbocycles. The molecular weight excluding hydrogens is 383 g/mol. The highest BCUT2D eigenvalue weighted by Crippen LogP contribution is 2.19. The summed E-state index contributed by atoms with van der Waals surface area (Å²) in [5.74, 6) is -0.287. The van der Waals surface area contributed by atoms with Crippen LogP contribution in [0.25, 0.3) is 0 Å². The lowest BCUT2D eigenvalue weighted by atomic mass is 10.2. The van der Waals surface area contributed by atoms with Crippen LogP contribution >= 0.6 is 22.6 Å². The van der Waals surface area contributed by atoms with Crippen molar-refractivity contribution in [2.75, 3.05) is 11.9 Å². The lowest BCUT2D eigenvalue weighted by molar-refractivity contribution is -0.119. The number of halogens is 1. The van der Waals surface area contributed by atoms with E-state index < -0.39 is 5.91 Å². The van der Waals surface area contributed by atoms with E-state index in [0.29, 0.717) is 17.0 Å². The molecule has 2 amide bonds. The first-order valence-electron chi connectivity index (χ1n) is 6.13. The van der Waals surface area contributed by atoms with E-state index >= 15 is 0 Å². The molecule has 0 unspecified atom stereocenters. The highest BCUT2D eigenvalue weighted by atomic mass is 127. The number of ether oxygens (including phenoxy) is 1. The van der Waals surface area contributed by atoms with Crippen molar-refractivity contribution in [3.05, 3.63) is 57.7 Å². The maximum absolute atomic E-state index is 12.2. The average Bonchev–Trinajstić information content (AvgIpc) is 2.46. The predicted octanol–water partition coefficient (Wildman–Crippen LogP) is 2.41. The number of hydrogen-bond acceptors (Lipinski definition) is 3. The van der Waals surface area contributed by atoms with Crippen LogP contribution in [-0.2, 0) is 4.79 Å². The van der Waals surface area contributed by atoms with Crippen LogP contribution < -0.4 is 15.8 Å². The molecular formula is C15H13IN2O3. The van der Waals surface area contributed by atoms with Gasteiger partial charge in [0, 0.05) is 15.3 Å². The highest BCUT2D eigenvalue weighted by molar-refractivity contribution is 14.1. The summed E-state index contributed by atoms with van der Waals surface area (Å²) in [6.07, 6.45) is 0. The van der Waals surface area contributed by atoms with Crippen LogP contribution in [0, 0.1) is 3.57 Å². The van der Waals surface area contributed by atoms with E-state index in [1.165, 1.54) is 0 Å². The number of anilines is 1. The van der Waals surface area contributed by atoms with Crippen LogP contribution in [0.15, 0.2) is 48.5 Å². The van der Waals surface area contributed by atoms with Gasteiger partial charge in [-0.2, -0.15) is 0 Å². The summed E-state index contributed by atoms with van der Waals surface area (Å²) in [5.41, 5.74) is 6.20. The molecule has 21 heavy (non-hydrogen) atoms. The Morgan fingerprint density at radius 1 is 1.14 bits per heavy atom. The predicted molar refractivity (Wildman–Crippen MR) is 88.2 cm³/mol. The maximum Gasteiger partial charge on any atom is 0.256 e. The minimum absolute atomic E-state index is 0.200. The summed E-state index contributed by atoms with van der Waals surface area (Å²) < 4.78 is 6.06. The molecule has 2 aromatic carbocycles. The van der Waals surface area contributed by atoms with Crippen molar-refractivity contribution in [1.29, 1.82) is 0 Å². The molecule has 0 heterocycles. The summed E-state index contributed by atoms with van der Waals surface area (Å²) in [5, 5.41) is 2.79. The van der Waals surface area contributed by atoms with Crippen molar-refractivity contribution in [3.8, 4) is 5.75 Å². The average molecular weight is 396 g/mol. The number of primary amides is 1. The Kier molecular flexibility index (Phi) is 5.15. The number of carbonyl (C=O) groups excluding carboxylic acids is 2. The minimum atomic E-state index is -0.553. The monoisotopic (exact) mass is 396 g/mol. The van der Waals surface area contributed by atoms with Crippen molar-refractivity contribution in [3.63, 3.8) is 0 Å². The summed E-state index contributed by atoms with van der Waals surface area (Å²) in [7, 11) is 0. The van der Waals surface area contributed by atoms with Crippen molar-refractivity contribution >= 4 is 40.1 Å². The Balaban J connectivity index is 2.09. The van der Waals surface area contributed by atoms with E-state index in [1.807, 2.05) is 18.2 Å². The van der Waals surface area contributed by atoms with Gasteiger partial charge in [0.1, 0.15) is 5.75 Å². The Bertz CT molecular complexity index is 673. The standard InChI is InChI=1S/C15H13IN2O3/c16-13-7-2-1-6-12(13)15(20)18-10-4-3-5-11(8-10)21-9-14(17)19/h1-8H,9H2,(H2,17,19)(H,18,20). The van der Waals surface area contributed by atoms with Crippen molar-refractivity contribution in [1.82, 2.24) is 0 Å². The number of carbonyl (C=O) groups is 2. The molecule has 3 N–H and O–H groups in total. The SMILES string of the molecule is NC(=O)COc1cccc(NC(=O)c2ccccc2I)c1. The Labute approximate surface area is 135 Å². The molecule has 2 rings (SSSR count). The second kappa shape index (κ2) is 7.07. The molecule has 2 aromatic rings. The topological polar surface area (TPSA) is 81.4 Å². The zero-order chi connectivity index (χ0) is 15.2. The number of rotatable bonds is 5. The van der Waals surface area contributed by atoms with E-state index in [2.05, 4.69) is 27.9 Å². The minimum Gasteiger partial charge on any atom is -0.484 e. The smallest absolute Gasteiger partial charge is 0.256 e. The summed E-state index contributed by atoms with van der Waals surface area (Å²) in [4.78, 5) is 22.9. The van der Waals surface area contributed by atoms with Gasteiger partial charge in [0.05, 0.1) is 5.56 Å². The Morgan fingerprint density at radius 2 is 1.90 bits per heavy atom. The zero-order valence-electron chi connectivity index (χ0n) is 11.0. The zero-order valence-corrected chi connectivity index (χ0v) is 13.2. The fourth-order valence-corrected chi connectivity index (χ4v) is 2.29. The first kappa shape index (κ1) is 15.3. The number of nitrogens with two attached hydrogens (primary N) is 1. The van der Waals surface area contributed by atoms with Crippen molar-refractivity contribution in [2.45, 2.75) is 0 Å². The molecule has 108 valence electrons. The number of hydrogen-bond donors (Lipinski definition) is 2. The third-order valence-electron chi connectivity index (χ3n) is 2.59. The normalized spacial score (nSPS) is 9.95. The fourth-order valence-electron chi connectivity index (χ4n) is 1.66. The van der Waals surface area contributed by atoms with Gasteiger partial charge in [0.15, 0.2) is 6.61 Å². The Hall–Kier alpha value is -2.09. The van der Waals surface area contributed by atoms with Crippen LogP contribution in [0.5, 0.6) is 5.75 Å². The van der Waals surface area contributed by atoms with E-state index in [-0.39, 0.29) is 12.5 Å². The molecule has 0 aliphatic heterocycles. The summed E-state index contributed by atoms with van der Waals surface area (Å²) >= 11 is 2.11. The quantitative estimate of drug-likeness (QED) is 0.762. The van der Waals surface area contributed by atoms with E-state index in [0.717, 1.165) is 3.57 Å². The lowest BCUT2D eigenvalue weighted by Gasteiger charge is -2.09. The summed E-state index contributed by atoms with van der Waals surface area (Å²) in [6, 6.07) is 14.1. The fraction of sp³-hybridized carbons (Fsp3) is 0.0667. The Morgan fingerprint density at radius 3 is 2.62 bits per heavy atom. The van der Waals surface area contributed by atoms with Crippen LogP contribution in [0.3, 0.4) is 0 Å². The third kappa shape index (κ3) is 4.45. The van der Waals surface area contributed by atoms with Gasteiger partial charge in [0.2, 0.25) is 0 Å². The van der Waals surface area contributed by atoms with Crippen molar-refractivity contribution < 1.29 is 14.3 Å². The van der Waals surface area contributed by atoms with E-state index in [4.69, 9.17) is 10.5 Å². The molecule has 5 nitrogen and oxygen atoms in total. The van der Waals surface area contributed by atoms with Gasteiger partial charge in [-0.15, -0.1) is 0 Å². The summed E-state index contributed by atoms with van der Waals surface area (Å²) in [6.45, 7) is -0.200. The largest absolute Gasteiger partial charge is 0.484 e. The first-order chi connectivity index (χ1) is 10.1. The van der Waals surface area contributed by atoms with Crippen LogP contribution in [-0.4, -0.2) is 18.4 Å². The molecule has 0 aromatic heterocycles. The third-order valence-corrected chi connectivity index (χ3v) is 3.53. The second-order valence-corrected chi connectivity index (χ2v) is 5.38. The molecule has 6 heteroatoms. The number of benzene rings is 2. The maximum atomic E-state index is 12.2. The highest BCUT2D eigenvalue weighted by Gasteiger charge is 2.09. The molecule has 0 bridgehead atoms. The van der Waals surface area contributed by atoms with Gasteiger partial charge in [-0.05, 0) is 46.9 Å². The lowest BCUT2D eigenvalue weighted by Crippen LogP contribution is -2.20. The number of nitrogens with one attached hydrogen (secondary N) is 1. The van der Waals surface area contributed by atoms with Crippen LogP contribution in [0.4, 0.5) is 5.69 Å². The van der Waals surface area contributed by atoms with E-state index in [9.17, 15) is 9.59 Å². The second-order valence-electron chi connectivity index (χ2n) is 4.22. The van der Waals surface area contributed by atoms with Gasteiger partial charge in [-0.25, -0.2) is 0 Å². The molecule has 0 spiro atoms. The molecule has 0 saturated heterocycles. The molecule has 0 aliphatic carbocycles. The van der Waals surface area contributed by atoms with Gasteiger partial charge < -0.3 is 15.8 Å². The van der Waals surface area contributed by atoms with Gasteiger partial charge >= 0.3 is 0 Å². The molecule has 0 radical (unpaired) electrons. The van der Waals surface area contributed by atoms with Crippen molar-refractivity contribution in [2.24, 2.45) is 5.73 Å². The first-order valence-corrected chi connectivity index (χ1v) is 7.21. The molecule has 0 atom stereocenters. The van der Waals surface area contributed by atoms with Gasteiger partial charge in [-0.1, -0.05) is 18.2 Å². The number of amides is 2. The molecule has 0 fully saturated rings. The van der Waals surface area contributed by atoms with Crippen LogP contribution in [0.2, 0.25) is 0 Å². The van der Waals surface area contributed by atoms with E-state index in [1.54, 1.807) is 30.3 Å². The molecule has 0 aliphatic rings. The van der Waals surface area contributed by atoms with Gasteiger partial charge in [0.25, 0.3) is 11.8 Å².